The third-order valence-corrected chi connectivity index (χ3v) is 7.13. The van der Waals surface area contributed by atoms with Crippen LogP contribution in [0.4, 0.5) is 0 Å². The van der Waals surface area contributed by atoms with E-state index in [0.717, 1.165) is 29.9 Å². The summed E-state index contributed by atoms with van der Waals surface area (Å²) in [6.45, 7) is 9.88. The maximum atomic E-state index is 12.9. The predicted octanol–water partition coefficient (Wildman–Crippen LogP) is 5.11. The molecule has 0 heterocycles. The highest BCUT2D eigenvalue weighted by molar-refractivity contribution is 5.76. The molecule has 0 aliphatic heterocycles. The van der Waals surface area contributed by atoms with Crippen LogP contribution in [0, 0.1) is 35.5 Å². The highest BCUT2D eigenvalue weighted by atomic mass is 16.5. The second-order valence-corrected chi connectivity index (χ2v) is 9.54. The van der Waals surface area contributed by atoms with Gasteiger partial charge in [-0.2, -0.15) is 0 Å². The van der Waals surface area contributed by atoms with Crippen LogP contribution in [0.15, 0.2) is 18.2 Å². The molecule has 0 radical (unpaired) electrons. The molecule has 1 aromatic rings. The van der Waals surface area contributed by atoms with Crippen molar-refractivity contribution >= 4 is 5.97 Å². The lowest BCUT2D eigenvalue weighted by Crippen LogP contribution is -2.36. The highest BCUT2D eigenvalue weighted by Gasteiger charge is 2.53. The van der Waals surface area contributed by atoms with Crippen LogP contribution in [-0.2, 0) is 20.9 Å². The van der Waals surface area contributed by atoms with E-state index < -0.39 is 0 Å². The molecule has 1 aromatic carbocycles. The first-order chi connectivity index (χ1) is 14.3. The number of ether oxygens (including phenoxy) is 4. The number of carbonyl (C=O) groups is 1. The van der Waals surface area contributed by atoms with Gasteiger partial charge in [0.25, 0.3) is 0 Å². The van der Waals surface area contributed by atoms with Crippen LogP contribution in [-0.4, -0.2) is 32.9 Å². The van der Waals surface area contributed by atoms with Gasteiger partial charge in [-0.1, -0.05) is 34.1 Å². The molecule has 0 amide bonds. The van der Waals surface area contributed by atoms with E-state index in [1.165, 1.54) is 6.42 Å². The number of rotatable bonds is 9. The Hall–Kier alpha value is -1.75. The topological polar surface area (TPSA) is 54.0 Å². The van der Waals surface area contributed by atoms with Gasteiger partial charge in [-0.25, -0.2) is 0 Å². The molecule has 5 nitrogen and oxygen atoms in total. The van der Waals surface area contributed by atoms with Crippen molar-refractivity contribution in [3.63, 3.8) is 0 Å². The van der Waals surface area contributed by atoms with Gasteiger partial charge in [-0.15, -0.1) is 0 Å². The van der Waals surface area contributed by atoms with Crippen molar-refractivity contribution in [2.75, 3.05) is 20.8 Å². The Bertz CT molecular complexity index is 715. The molecule has 168 valence electrons. The van der Waals surface area contributed by atoms with E-state index in [1.807, 2.05) is 18.2 Å². The maximum absolute atomic E-state index is 12.9. The molecule has 0 aromatic heterocycles. The lowest BCUT2D eigenvalue weighted by Gasteiger charge is -2.36. The van der Waals surface area contributed by atoms with E-state index in [4.69, 9.17) is 18.9 Å². The van der Waals surface area contributed by atoms with Crippen LogP contribution in [0.1, 0.15) is 52.5 Å². The van der Waals surface area contributed by atoms with E-state index in [0.29, 0.717) is 36.9 Å². The fraction of sp³-hybridized carbons (Fsp3) is 0.720. The van der Waals surface area contributed by atoms with Gasteiger partial charge in [0, 0.05) is 11.6 Å². The zero-order chi connectivity index (χ0) is 21.8. The SMILES string of the molecule is COc1ccc(COCC2C(C)C2C(=O)OC2CC(C)CCC2C(C)C)c(OC)c1. The van der Waals surface area contributed by atoms with Crippen LogP contribution >= 0.6 is 0 Å². The Morgan fingerprint density at radius 1 is 1.13 bits per heavy atom. The van der Waals surface area contributed by atoms with E-state index in [2.05, 4.69) is 27.7 Å². The van der Waals surface area contributed by atoms with Crippen LogP contribution in [0.25, 0.3) is 0 Å². The molecule has 0 N–H and O–H groups in total. The van der Waals surface area contributed by atoms with Crippen molar-refractivity contribution < 1.29 is 23.7 Å². The summed E-state index contributed by atoms with van der Waals surface area (Å²) in [6.07, 6.45) is 3.46. The molecule has 5 heteroatoms. The molecule has 0 bridgehead atoms. The number of carbonyl (C=O) groups excluding carboxylic acids is 1. The molecule has 2 saturated carbocycles. The van der Waals surface area contributed by atoms with Gasteiger partial charge >= 0.3 is 5.97 Å². The molecule has 2 fully saturated rings. The summed E-state index contributed by atoms with van der Waals surface area (Å²) in [5.41, 5.74) is 0.974. The molecule has 6 unspecified atom stereocenters. The second kappa shape index (κ2) is 10.0. The molecular weight excluding hydrogens is 380 g/mol. The third kappa shape index (κ3) is 5.29. The van der Waals surface area contributed by atoms with Gasteiger partial charge in [0.1, 0.15) is 17.6 Å². The van der Waals surface area contributed by atoms with Gasteiger partial charge in [0.05, 0.1) is 33.4 Å². The molecular formula is C25H38O5. The van der Waals surface area contributed by atoms with E-state index in [-0.39, 0.29) is 23.9 Å². The average molecular weight is 419 g/mol. The van der Waals surface area contributed by atoms with Crippen LogP contribution in [0.2, 0.25) is 0 Å². The first kappa shape index (κ1) is 22.9. The smallest absolute Gasteiger partial charge is 0.309 e. The molecule has 2 aliphatic carbocycles. The first-order valence-electron chi connectivity index (χ1n) is 11.3. The summed E-state index contributed by atoms with van der Waals surface area (Å²) in [5, 5.41) is 0. The Balaban J connectivity index is 1.50. The molecule has 2 aliphatic rings. The Labute approximate surface area is 181 Å². The van der Waals surface area contributed by atoms with Crippen molar-refractivity contribution in [2.24, 2.45) is 35.5 Å². The Kier molecular flexibility index (Phi) is 7.67. The molecule has 0 saturated heterocycles. The van der Waals surface area contributed by atoms with Crippen LogP contribution in [0.3, 0.4) is 0 Å². The zero-order valence-corrected chi connectivity index (χ0v) is 19.4. The normalized spacial score (nSPS) is 30.8. The summed E-state index contributed by atoms with van der Waals surface area (Å²) in [6, 6.07) is 5.71. The summed E-state index contributed by atoms with van der Waals surface area (Å²) in [7, 11) is 3.28. The number of benzene rings is 1. The van der Waals surface area contributed by atoms with Crippen molar-refractivity contribution in [3.05, 3.63) is 23.8 Å². The molecule has 6 atom stereocenters. The van der Waals surface area contributed by atoms with Gasteiger partial charge < -0.3 is 18.9 Å². The first-order valence-corrected chi connectivity index (χ1v) is 11.3. The van der Waals surface area contributed by atoms with Crippen molar-refractivity contribution in [1.82, 2.24) is 0 Å². The largest absolute Gasteiger partial charge is 0.497 e. The molecule has 0 spiro atoms. The fourth-order valence-electron chi connectivity index (χ4n) is 4.94. The quantitative estimate of drug-likeness (QED) is 0.522. The van der Waals surface area contributed by atoms with Crippen LogP contribution < -0.4 is 9.47 Å². The van der Waals surface area contributed by atoms with Crippen molar-refractivity contribution in [1.29, 1.82) is 0 Å². The van der Waals surface area contributed by atoms with Gasteiger partial charge in [-0.05, 0) is 54.6 Å². The minimum atomic E-state index is -0.0344. The molecule has 3 rings (SSSR count). The Morgan fingerprint density at radius 3 is 2.57 bits per heavy atom. The minimum absolute atomic E-state index is 0.0251. The number of methoxy groups -OCH3 is 2. The average Bonchev–Trinajstić information content (AvgIpc) is 3.37. The van der Waals surface area contributed by atoms with Gasteiger partial charge in [0.15, 0.2) is 0 Å². The highest BCUT2D eigenvalue weighted by Crippen LogP contribution is 2.48. The summed E-state index contributed by atoms with van der Waals surface area (Å²) < 4.78 is 22.7. The molecule has 30 heavy (non-hydrogen) atoms. The van der Waals surface area contributed by atoms with E-state index >= 15 is 0 Å². The Morgan fingerprint density at radius 2 is 1.90 bits per heavy atom. The van der Waals surface area contributed by atoms with Crippen LogP contribution in [0.5, 0.6) is 11.5 Å². The lowest BCUT2D eigenvalue weighted by atomic mass is 9.75. The maximum Gasteiger partial charge on any atom is 0.309 e. The lowest BCUT2D eigenvalue weighted by molar-refractivity contribution is -0.158. The monoisotopic (exact) mass is 418 g/mol. The standard InChI is InChI=1S/C25H38O5/c1-15(2)20-10-7-16(3)11-23(20)30-25(26)24-17(4)21(24)14-29-13-18-8-9-19(27-5)12-22(18)28-6/h8-9,12,15-17,20-21,23-24H,7,10-11,13-14H2,1-6H3. The summed E-state index contributed by atoms with van der Waals surface area (Å²) in [4.78, 5) is 12.9. The summed E-state index contributed by atoms with van der Waals surface area (Å²) in [5.74, 6) is 3.66. The zero-order valence-electron chi connectivity index (χ0n) is 19.4. The number of hydrogen-bond acceptors (Lipinski definition) is 5. The van der Waals surface area contributed by atoms with Gasteiger partial charge in [0.2, 0.25) is 0 Å². The summed E-state index contributed by atoms with van der Waals surface area (Å²) >= 11 is 0. The van der Waals surface area contributed by atoms with Crippen molar-refractivity contribution in [3.8, 4) is 11.5 Å². The second-order valence-electron chi connectivity index (χ2n) is 9.54. The third-order valence-electron chi connectivity index (χ3n) is 7.13. The number of esters is 1. The van der Waals surface area contributed by atoms with E-state index in [9.17, 15) is 4.79 Å². The van der Waals surface area contributed by atoms with Crippen molar-refractivity contribution in [2.45, 2.75) is 59.7 Å². The van der Waals surface area contributed by atoms with Gasteiger partial charge in [-0.3, -0.25) is 4.79 Å². The number of hydrogen-bond donors (Lipinski definition) is 0. The van der Waals surface area contributed by atoms with E-state index in [1.54, 1.807) is 14.2 Å². The fourth-order valence-corrected chi connectivity index (χ4v) is 4.94. The predicted molar refractivity (Wildman–Crippen MR) is 117 cm³/mol. The minimum Gasteiger partial charge on any atom is -0.497 e.